The molecule has 1 saturated carbocycles. The van der Waals surface area contributed by atoms with E-state index in [0.29, 0.717) is 5.56 Å². The van der Waals surface area contributed by atoms with Crippen LogP contribution in [-0.2, 0) is 10.2 Å². The van der Waals surface area contributed by atoms with Crippen molar-refractivity contribution in [3.8, 4) is 0 Å². The van der Waals surface area contributed by atoms with E-state index in [4.69, 9.17) is 0 Å². The number of hydrogen-bond donors (Lipinski definition) is 2. The topological polar surface area (TPSA) is 70.4 Å². The SMILES string of the molecule is Cc1cncc(C2(C(=O)O)CC(O)C2)c1. The van der Waals surface area contributed by atoms with Gasteiger partial charge >= 0.3 is 5.97 Å². The first-order valence-corrected chi connectivity index (χ1v) is 4.88. The second-order valence-electron chi connectivity index (χ2n) is 4.20. The number of aliphatic hydroxyl groups is 1. The van der Waals surface area contributed by atoms with E-state index in [1.165, 1.54) is 0 Å². The van der Waals surface area contributed by atoms with Gasteiger partial charge in [0.1, 0.15) is 0 Å². The fourth-order valence-electron chi connectivity index (χ4n) is 2.10. The van der Waals surface area contributed by atoms with Crippen LogP contribution in [0.5, 0.6) is 0 Å². The minimum Gasteiger partial charge on any atom is -0.481 e. The predicted molar refractivity (Wildman–Crippen MR) is 53.5 cm³/mol. The summed E-state index contributed by atoms with van der Waals surface area (Å²) in [5.74, 6) is -0.875. The molecule has 15 heavy (non-hydrogen) atoms. The minimum absolute atomic E-state index is 0.285. The molecule has 0 aromatic carbocycles. The zero-order valence-corrected chi connectivity index (χ0v) is 8.47. The zero-order chi connectivity index (χ0) is 11.1. The summed E-state index contributed by atoms with van der Waals surface area (Å²) < 4.78 is 0. The molecule has 4 heteroatoms. The van der Waals surface area contributed by atoms with Crippen LogP contribution in [0, 0.1) is 6.92 Å². The Kier molecular flexibility index (Phi) is 2.23. The number of carboxylic acids is 1. The molecule has 2 N–H and O–H groups in total. The van der Waals surface area contributed by atoms with Gasteiger partial charge in [0.05, 0.1) is 11.5 Å². The molecule has 0 saturated heterocycles. The number of aliphatic hydroxyl groups excluding tert-OH is 1. The van der Waals surface area contributed by atoms with E-state index >= 15 is 0 Å². The lowest BCUT2D eigenvalue weighted by molar-refractivity contribution is -0.152. The number of pyridine rings is 1. The van der Waals surface area contributed by atoms with Crippen LogP contribution in [0.4, 0.5) is 0 Å². The van der Waals surface area contributed by atoms with Crippen LogP contribution in [0.25, 0.3) is 0 Å². The molecule has 0 bridgehead atoms. The summed E-state index contributed by atoms with van der Waals surface area (Å²) in [4.78, 5) is 15.2. The molecule has 1 fully saturated rings. The number of aryl methyl sites for hydroxylation is 1. The van der Waals surface area contributed by atoms with Crippen molar-refractivity contribution >= 4 is 5.97 Å². The largest absolute Gasteiger partial charge is 0.481 e. The zero-order valence-electron chi connectivity index (χ0n) is 8.47. The first kappa shape index (κ1) is 10.1. The highest BCUT2D eigenvalue weighted by Gasteiger charge is 2.51. The van der Waals surface area contributed by atoms with Gasteiger partial charge in [-0.25, -0.2) is 0 Å². The molecular weight excluding hydrogens is 194 g/mol. The summed E-state index contributed by atoms with van der Waals surface area (Å²) in [6.45, 7) is 1.88. The molecule has 0 atom stereocenters. The number of carbonyl (C=O) groups is 1. The molecule has 0 amide bonds. The molecule has 0 spiro atoms. The van der Waals surface area contributed by atoms with Gasteiger partial charge in [-0.15, -0.1) is 0 Å². The molecule has 1 aromatic heterocycles. The lowest BCUT2D eigenvalue weighted by atomic mass is 9.63. The van der Waals surface area contributed by atoms with Crippen molar-refractivity contribution in [1.29, 1.82) is 0 Å². The summed E-state index contributed by atoms with van der Waals surface area (Å²) >= 11 is 0. The Balaban J connectivity index is 2.39. The maximum Gasteiger partial charge on any atom is 0.314 e. The summed E-state index contributed by atoms with van der Waals surface area (Å²) in [6, 6.07) is 1.83. The van der Waals surface area contributed by atoms with Crippen LogP contribution in [0.2, 0.25) is 0 Å². The highest BCUT2D eigenvalue weighted by atomic mass is 16.4. The smallest absolute Gasteiger partial charge is 0.314 e. The average molecular weight is 207 g/mol. The van der Waals surface area contributed by atoms with Crippen LogP contribution in [0.3, 0.4) is 0 Å². The van der Waals surface area contributed by atoms with E-state index in [1.807, 2.05) is 13.0 Å². The number of carboxylic acid groups (broad SMARTS) is 1. The second-order valence-corrected chi connectivity index (χ2v) is 4.20. The maximum absolute atomic E-state index is 11.2. The van der Waals surface area contributed by atoms with Gasteiger partial charge in [0.25, 0.3) is 0 Å². The minimum atomic E-state index is -0.918. The van der Waals surface area contributed by atoms with E-state index in [0.717, 1.165) is 5.56 Å². The predicted octanol–water partition coefficient (Wildman–Crippen LogP) is 0.867. The second kappa shape index (κ2) is 3.31. The molecule has 80 valence electrons. The van der Waals surface area contributed by atoms with Crippen LogP contribution >= 0.6 is 0 Å². The highest BCUT2D eigenvalue weighted by molar-refractivity contribution is 5.82. The van der Waals surface area contributed by atoms with Gasteiger partial charge in [0.15, 0.2) is 0 Å². The summed E-state index contributed by atoms with van der Waals surface area (Å²) in [5.41, 5.74) is 0.716. The molecule has 2 rings (SSSR count). The van der Waals surface area contributed by atoms with Gasteiger partial charge in [-0.3, -0.25) is 9.78 Å². The normalized spacial score (nSPS) is 29.6. The number of nitrogens with zero attached hydrogens (tertiary/aromatic N) is 1. The maximum atomic E-state index is 11.2. The van der Waals surface area contributed by atoms with Crippen molar-refractivity contribution in [2.75, 3.05) is 0 Å². The van der Waals surface area contributed by atoms with E-state index in [2.05, 4.69) is 4.98 Å². The van der Waals surface area contributed by atoms with Gasteiger partial charge in [-0.05, 0) is 30.9 Å². The third kappa shape index (κ3) is 1.51. The molecule has 0 aliphatic heterocycles. The Labute approximate surface area is 87.6 Å². The molecule has 0 unspecified atom stereocenters. The van der Waals surface area contributed by atoms with Crippen molar-refractivity contribution in [2.45, 2.75) is 31.3 Å². The summed E-state index contributed by atoms with van der Waals surface area (Å²) in [5, 5.41) is 18.5. The van der Waals surface area contributed by atoms with E-state index in [-0.39, 0.29) is 12.8 Å². The number of aromatic nitrogens is 1. The Morgan fingerprint density at radius 2 is 2.20 bits per heavy atom. The quantitative estimate of drug-likeness (QED) is 0.754. The Hall–Kier alpha value is -1.42. The van der Waals surface area contributed by atoms with Gasteiger partial charge < -0.3 is 10.2 Å². The molecule has 1 heterocycles. The monoisotopic (exact) mass is 207 g/mol. The number of hydrogen-bond acceptors (Lipinski definition) is 3. The molecule has 0 radical (unpaired) electrons. The van der Waals surface area contributed by atoms with Crippen molar-refractivity contribution in [1.82, 2.24) is 4.98 Å². The lowest BCUT2D eigenvalue weighted by Crippen LogP contribution is -2.50. The fourth-order valence-corrected chi connectivity index (χ4v) is 2.10. The molecule has 1 aromatic rings. The fraction of sp³-hybridized carbons (Fsp3) is 0.455. The first-order valence-electron chi connectivity index (χ1n) is 4.88. The Bertz CT molecular complexity index is 397. The molecular formula is C11H13NO3. The third-order valence-electron chi connectivity index (χ3n) is 3.01. The average Bonchev–Trinajstić information content (AvgIpc) is 2.12. The molecule has 1 aliphatic carbocycles. The van der Waals surface area contributed by atoms with Crippen LogP contribution in [-0.4, -0.2) is 27.3 Å². The highest BCUT2D eigenvalue weighted by Crippen LogP contribution is 2.44. The molecule has 4 nitrogen and oxygen atoms in total. The third-order valence-corrected chi connectivity index (χ3v) is 3.01. The standard InChI is InChI=1S/C11H13NO3/c1-7-2-8(6-12-5-7)11(10(14)15)3-9(13)4-11/h2,5-6,9,13H,3-4H2,1H3,(H,14,15). The van der Waals surface area contributed by atoms with Crippen molar-refractivity contribution < 1.29 is 15.0 Å². The van der Waals surface area contributed by atoms with E-state index in [1.54, 1.807) is 12.4 Å². The van der Waals surface area contributed by atoms with Gasteiger partial charge in [0.2, 0.25) is 0 Å². The van der Waals surface area contributed by atoms with Crippen molar-refractivity contribution in [3.63, 3.8) is 0 Å². The number of rotatable bonds is 2. The van der Waals surface area contributed by atoms with Crippen molar-refractivity contribution in [2.24, 2.45) is 0 Å². The van der Waals surface area contributed by atoms with Crippen LogP contribution in [0.15, 0.2) is 18.5 Å². The summed E-state index contributed by atoms with van der Waals surface area (Å²) in [6.07, 6.45) is 3.34. The lowest BCUT2D eigenvalue weighted by Gasteiger charge is -2.41. The number of aliphatic carboxylic acids is 1. The Morgan fingerprint density at radius 1 is 1.53 bits per heavy atom. The molecule has 1 aliphatic rings. The van der Waals surface area contributed by atoms with E-state index < -0.39 is 17.5 Å². The van der Waals surface area contributed by atoms with Crippen LogP contribution < -0.4 is 0 Å². The van der Waals surface area contributed by atoms with Gasteiger partial charge in [-0.1, -0.05) is 6.07 Å². The van der Waals surface area contributed by atoms with E-state index in [9.17, 15) is 15.0 Å². The first-order chi connectivity index (χ1) is 7.04. The Morgan fingerprint density at radius 3 is 2.67 bits per heavy atom. The summed E-state index contributed by atoms with van der Waals surface area (Å²) in [7, 11) is 0. The van der Waals surface area contributed by atoms with Crippen LogP contribution in [0.1, 0.15) is 24.0 Å². The van der Waals surface area contributed by atoms with Gasteiger partial charge in [-0.2, -0.15) is 0 Å². The van der Waals surface area contributed by atoms with Gasteiger partial charge in [0, 0.05) is 12.4 Å². The van der Waals surface area contributed by atoms with Crippen molar-refractivity contribution in [3.05, 3.63) is 29.6 Å².